The highest BCUT2D eigenvalue weighted by Gasteiger charge is 2.02. The molecule has 3 nitrogen and oxygen atoms in total. The number of hydrogen-bond acceptors (Lipinski definition) is 2. The number of nitrogens with one attached hydrogen (secondary N) is 1. The van der Waals surface area contributed by atoms with E-state index < -0.39 is 0 Å². The van der Waals surface area contributed by atoms with Crippen LogP contribution in [0.5, 0.6) is 0 Å². The highest BCUT2D eigenvalue weighted by molar-refractivity contribution is 5.91. The lowest BCUT2D eigenvalue weighted by atomic mass is 10.3. The minimum atomic E-state index is -0.0209. The Morgan fingerprint density at radius 1 is 1.54 bits per heavy atom. The number of para-hydroxylation sites is 1. The fourth-order valence-electron chi connectivity index (χ4n) is 0.948. The quantitative estimate of drug-likeness (QED) is 0.746. The summed E-state index contributed by atoms with van der Waals surface area (Å²) in [7, 11) is 3.71. The molecule has 1 rings (SSSR count). The number of carbonyl (C=O) groups is 1. The maximum absolute atomic E-state index is 11.3. The maximum atomic E-state index is 11.3. The second-order valence-electron chi connectivity index (χ2n) is 3.06. The van der Waals surface area contributed by atoms with E-state index >= 15 is 0 Å². The van der Waals surface area contributed by atoms with Crippen LogP contribution >= 0.6 is 0 Å². The second kappa shape index (κ2) is 4.62. The van der Waals surface area contributed by atoms with Crippen LogP contribution in [0.1, 0.15) is 0 Å². The lowest BCUT2D eigenvalue weighted by molar-refractivity contribution is -0.116. The highest BCUT2D eigenvalue weighted by Crippen LogP contribution is 2.03. The van der Waals surface area contributed by atoms with Crippen LogP contribution in [0, 0.1) is 6.07 Å². The van der Waals surface area contributed by atoms with Crippen molar-refractivity contribution in [1.82, 2.24) is 4.90 Å². The number of likely N-dealkylation sites (N-methyl/N-ethyl adjacent to an activating group) is 1. The van der Waals surface area contributed by atoms with E-state index in [-0.39, 0.29) is 5.91 Å². The Morgan fingerprint density at radius 2 is 2.31 bits per heavy atom. The van der Waals surface area contributed by atoms with Crippen LogP contribution in [0.15, 0.2) is 24.3 Å². The molecule has 1 amide bonds. The van der Waals surface area contributed by atoms with Crippen LogP contribution in [0.4, 0.5) is 5.69 Å². The van der Waals surface area contributed by atoms with Gasteiger partial charge >= 0.3 is 0 Å². The molecule has 0 saturated carbocycles. The minimum absolute atomic E-state index is 0.0209. The fraction of sp³-hybridized carbons (Fsp3) is 0.300. The van der Waals surface area contributed by atoms with Crippen molar-refractivity contribution in [2.24, 2.45) is 0 Å². The van der Waals surface area contributed by atoms with Crippen molar-refractivity contribution in [2.75, 3.05) is 26.0 Å². The first-order valence-corrected chi connectivity index (χ1v) is 4.10. The molecule has 0 aliphatic carbocycles. The van der Waals surface area contributed by atoms with E-state index in [1.807, 2.05) is 37.2 Å². The van der Waals surface area contributed by atoms with E-state index in [0.29, 0.717) is 12.2 Å². The minimum Gasteiger partial charge on any atom is -0.324 e. The van der Waals surface area contributed by atoms with E-state index in [1.54, 1.807) is 6.07 Å². The predicted octanol–water partition coefficient (Wildman–Crippen LogP) is 0.987. The van der Waals surface area contributed by atoms with Gasteiger partial charge in [0.15, 0.2) is 0 Å². The monoisotopic (exact) mass is 177 g/mol. The summed E-state index contributed by atoms with van der Waals surface area (Å²) in [5.74, 6) is -0.0209. The van der Waals surface area contributed by atoms with Gasteiger partial charge in [-0.25, -0.2) is 0 Å². The number of anilines is 1. The summed E-state index contributed by atoms with van der Waals surface area (Å²) >= 11 is 0. The topological polar surface area (TPSA) is 32.3 Å². The van der Waals surface area contributed by atoms with Crippen molar-refractivity contribution in [2.45, 2.75) is 0 Å². The molecule has 0 bridgehead atoms. The van der Waals surface area contributed by atoms with Crippen LogP contribution in [0.3, 0.4) is 0 Å². The zero-order valence-corrected chi connectivity index (χ0v) is 7.87. The van der Waals surface area contributed by atoms with Crippen LogP contribution in [0.25, 0.3) is 0 Å². The van der Waals surface area contributed by atoms with Crippen molar-refractivity contribution in [3.8, 4) is 0 Å². The third kappa shape index (κ3) is 3.71. The number of carbonyl (C=O) groups excluding carboxylic acids is 1. The van der Waals surface area contributed by atoms with Crippen molar-refractivity contribution >= 4 is 11.6 Å². The smallest absolute Gasteiger partial charge is 0.238 e. The summed E-state index contributed by atoms with van der Waals surface area (Å²) in [6.45, 7) is 0.392. The highest BCUT2D eigenvalue weighted by atomic mass is 16.2. The molecule has 3 heteroatoms. The zero-order valence-electron chi connectivity index (χ0n) is 7.87. The SMILES string of the molecule is CN(C)CC(=O)Nc1[c]cccc1. The molecular formula is C10H13N2O. The van der Waals surface area contributed by atoms with Crippen molar-refractivity contribution in [3.63, 3.8) is 0 Å². The molecule has 0 fully saturated rings. The molecule has 0 heterocycles. The Morgan fingerprint density at radius 3 is 2.85 bits per heavy atom. The molecule has 13 heavy (non-hydrogen) atoms. The van der Waals surface area contributed by atoms with Gasteiger partial charge in [0.25, 0.3) is 0 Å². The number of amides is 1. The molecule has 0 aliphatic heterocycles. The average molecular weight is 177 g/mol. The molecule has 1 radical (unpaired) electrons. The maximum Gasteiger partial charge on any atom is 0.238 e. The van der Waals surface area contributed by atoms with Gasteiger partial charge in [-0.05, 0) is 20.2 Å². The van der Waals surface area contributed by atoms with E-state index in [9.17, 15) is 4.79 Å². The number of benzene rings is 1. The fourth-order valence-corrected chi connectivity index (χ4v) is 0.948. The molecular weight excluding hydrogens is 164 g/mol. The summed E-state index contributed by atoms with van der Waals surface area (Å²) in [4.78, 5) is 13.1. The first kappa shape index (κ1) is 9.74. The van der Waals surface area contributed by atoms with Gasteiger partial charge in [-0.3, -0.25) is 4.79 Å². The predicted molar refractivity (Wildman–Crippen MR) is 52.5 cm³/mol. The first-order chi connectivity index (χ1) is 6.18. The Hall–Kier alpha value is -1.35. The van der Waals surface area contributed by atoms with E-state index in [1.165, 1.54) is 0 Å². The molecule has 1 N–H and O–H groups in total. The Balaban J connectivity index is 2.46. The molecule has 0 atom stereocenters. The standard InChI is InChI=1S/C10H13N2O/c1-12(2)8-10(13)11-9-6-4-3-5-7-9/h3-6H,8H2,1-2H3,(H,11,13). The van der Waals surface area contributed by atoms with Gasteiger partial charge in [-0.2, -0.15) is 0 Å². The third-order valence-electron chi connectivity index (χ3n) is 1.44. The van der Waals surface area contributed by atoms with Crippen molar-refractivity contribution in [1.29, 1.82) is 0 Å². The Bertz CT molecular complexity index is 270. The summed E-state index contributed by atoms with van der Waals surface area (Å²) in [5.41, 5.74) is 0.717. The van der Waals surface area contributed by atoms with Crippen molar-refractivity contribution < 1.29 is 4.79 Å². The van der Waals surface area contributed by atoms with Gasteiger partial charge in [-0.15, -0.1) is 0 Å². The van der Waals surface area contributed by atoms with E-state index in [2.05, 4.69) is 11.4 Å². The average Bonchev–Trinajstić information content (AvgIpc) is 2.04. The van der Waals surface area contributed by atoms with Gasteiger partial charge < -0.3 is 10.2 Å². The van der Waals surface area contributed by atoms with Gasteiger partial charge in [-0.1, -0.05) is 18.2 Å². The molecule has 0 aromatic heterocycles. The summed E-state index contributed by atoms with van der Waals surface area (Å²) < 4.78 is 0. The Labute approximate surface area is 78.4 Å². The molecule has 0 spiro atoms. The molecule has 0 saturated heterocycles. The van der Waals surface area contributed by atoms with Gasteiger partial charge in [0.05, 0.1) is 6.54 Å². The van der Waals surface area contributed by atoms with Gasteiger partial charge in [0.2, 0.25) is 5.91 Å². The zero-order chi connectivity index (χ0) is 9.68. The number of rotatable bonds is 3. The summed E-state index contributed by atoms with van der Waals surface area (Å²) in [6, 6.07) is 10.2. The molecule has 69 valence electrons. The van der Waals surface area contributed by atoms with Crippen LogP contribution in [-0.2, 0) is 4.79 Å². The molecule has 1 aromatic carbocycles. The molecule has 0 unspecified atom stereocenters. The number of nitrogens with zero attached hydrogens (tertiary/aromatic N) is 1. The molecule has 1 aromatic rings. The van der Waals surface area contributed by atoms with Crippen LogP contribution in [-0.4, -0.2) is 31.4 Å². The lowest BCUT2D eigenvalue weighted by Gasteiger charge is -2.09. The van der Waals surface area contributed by atoms with Gasteiger partial charge in [0.1, 0.15) is 0 Å². The number of hydrogen-bond donors (Lipinski definition) is 1. The largest absolute Gasteiger partial charge is 0.324 e. The van der Waals surface area contributed by atoms with Crippen LogP contribution in [0.2, 0.25) is 0 Å². The van der Waals surface area contributed by atoms with E-state index in [4.69, 9.17) is 0 Å². The normalized spacial score (nSPS) is 10.1. The summed E-state index contributed by atoms with van der Waals surface area (Å²) in [5, 5.41) is 2.74. The van der Waals surface area contributed by atoms with Crippen LogP contribution < -0.4 is 5.32 Å². The third-order valence-corrected chi connectivity index (χ3v) is 1.44. The first-order valence-electron chi connectivity index (χ1n) is 4.10. The van der Waals surface area contributed by atoms with Crippen molar-refractivity contribution in [3.05, 3.63) is 30.3 Å². The van der Waals surface area contributed by atoms with Gasteiger partial charge in [0, 0.05) is 11.8 Å². The summed E-state index contributed by atoms with van der Waals surface area (Å²) in [6.07, 6.45) is 0. The lowest BCUT2D eigenvalue weighted by Crippen LogP contribution is -2.27. The van der Waals surface area contributed by atoms with E-state index in [0.717, 1.165) is 0 Å². The second-order valence-corrected chi connectivity index (χ2v) is 3.06. The Kier molecular flexibility index (Phi) is 3.46. The molecule has 0 aliphatic rings.